The van der Waals surface area contributed by atoms with E-state index < -0.39 is 0 Å². The Hall–Kier alpha value is -2.38. The molecule has 1 fully saturated rings. The maximum absolute atomic E-state index is 12.1. The highest BCUT2D eigenvalue weighted by Gasteiger charge is 2.18. The molecule has 0 aromatic carbocycles. The van der Waals surface area contributed by atoms with Gasteiger partial charge in [0.05, 0.1) is 6.54 Å². The highest BCUT2D eigenvalue weighted by atomic mass is 16.5. The van der Waals surface area contributed by atoms with Crippen molar-refractivity contribution in [2.45, 2.75) is 38.5 Å². The number of likely N-dealkylation sites (N-methyl/N-ethyl adjacent to an activating group) is 1. The number of nitrogens with one attached hydrogen (secondary N) is 1. The Bertz CT molecular complexity index is 687. The van der Waals surface area contributed by atoms with Gasteiger partial charge < -0.3 is 10.1 Å². The van der Waals surface area contributed by atoms with Crippen LogP contribution in [-0.4, -0.2) is 46.0 Å². The molecular weight excluding hydrogens is 330 g/mol. The van der Waals surface area contributed by atoms with Crippen molar-refractivity contribution in [3.63, 3.8) is 0 Å². The van der Waals surface area contributed by atoms with E-state index in [2.05, 4.69) is 20.3 Å². The fourth-order valence-corrected chi connectivity index (χ4v) is 2.93. The molecule has 138 valence electrons. The highest BCUT2D eigenvalue weighted by molar-refractivity contribution is 5.77. The Morgan fingerprint density at radius 3 is 2.81 bits per heavy atom. The minimum absolute atomic E-state index is 0.00789. The molecule has 0 aliphatic carbocycles. The zero-order chi connectivity index (χ0) is 18.2. The lowest BCUT2D eigenvalue weighted by atomic mass is 10.1. The normalized spacial score (nSPS) is 17.2. The predicted molar refractivity (Wildman–Crippen MR) is 97.0 cm³/mol. The first kappa shape index (κ1) is 18.4. The van der Waals surface area contributed by atoms with Crippen molar-refractivity contribution in [2.75, 3.05) is 20.2 Å². The number of carbonyl (C=O) groups is 1. The molecule has 2 aromatic heterocycles. The number of carbonyl (C=O) groups excluding carboxylic acids is 1. The fourth-order valence-electron chi connectivity index (χ4n) is 2.93. The van der Waals surface area contributed by atoms with Gasteiger partial charge in [-0.2, -0.15) is 0 Å². The molecule has 0 unspecified atom stereocenters. The van der Waals surface area contributed by atoms with E-state index >= 15 is 0 Å². The Labute approximate surface area is 153 Å². The molecule has 0 spiro atoms. The Balaban J connectivity index is 1.42. The second kappa shape index (κ2) is 9.35. The van der Waals surface area contributed by atoms with E-state index in [1.807, 2.05) is 30.3 Å². The summed E-state index contributed by atoms with van der Waals surface area (Å²) in [5.74, 6) is 0.701. The molecule has 0 bridgehead atoms. The lowest BCUT2D eigenvalue weighted by Gasteiger charge is -2.21. The van der Waals surface area contributed by atoms with Crippen molar-refractivity contribution >= 4 is 5.91 Å². The summed E-state index contributed by atoms with van der Waals surface area (Å²) in [5.41, 5.74) is 1.96. The van der Waals surface area contributed by atoms with Gasteiger partial charge in [0.2, 0.25) is 5.91 Å². The standard InChI is InChI=1S/C19H25N5O2/c1-24(13-15-5-4-7-20-9-15)14-18(25)21-10-16-11-22-19(23-12-16)17-6-2-3-8-26-17/h4-5,7,9,11-12,17H,2-3,6,8,10,13-14H2,1H3,(H,21,25)/t17-/m0/s1. The third-order valence-corrected chi connectivity index (χ3v) is 4.27. The van der Waals surface area contributed by atoms with Crippen LogP contribution in [0.3, 0.4) is 0 Å². The van der Waals surface area contributed by atoms with Crippen LogP contribution in [-0.2, 0) is 22.6 Å². The molecule has 0 saturated carbocycles. The molecule has 1 aliphatic heterocycles. The van der Waals surface area contributed by atoms with Gasteiger partial charge in [0.15, 0.2) is 5.82 Å². The monoisotopic (exact) mass is 355 g/mol. The third-order valence-electron chi connectivity index (χ3n) is 4.27. The van der Waals surface area contributed by atoms with Gasteiger partial charge in [-0.05, 0) is 37.9 Å². The van der Waals surface area contributed by atoms with Crippen LogP contribution in [0, 0.1) is 0 Å². The van der Waals surface area contributed by atoms with E-state index in [1.165, 1.54) is 0 Å². The van der Waals surface area contributed by atoms with E-state index in [9.17, 15) is 4.79 Å². The molecular formula is C19H25N5O2. The van der Waals surface area contributed by atoms with Gasteiger partial charge in [-0.3, -0.25) is 14.7 Å². The number of rotatable bonds is 7. The van der Waals surface area contributed by atoms with Crippen LogP contribution in [0.15, 0.2) is 36.9 Å². The predicted octanol–water partition coefficient (Wildman–Crippen LogP) is 1.86. The van der Waals surface area contributed by atoms with Crippen LogP contribution in [0.5, 0.6) is 0 Å². The van der Waals surface area contributed by atoms with Crippen LogP contribution < -0.4 is 5.32 Å². The summed E-state index contributed by atoms with van der Waals surface area (Å²) >= 11 is 0. The fraction of sp³-hybridized carbons (Fsp3) is 0.474. The zero-order valence-corrected chi connectivity index (χ0v) is 15.1. The molecule has 0 radical (unpaired) electrons. The van der Waals surface area contributed by atoms with Crippen molar-refractivity contribution in [1.82, 2.24) is 25.2 Å². The van der Waals surface area contributed by atoms with Crippen molar-refractivity contribution in [3.8, 4) is 0 Å². The number of nitrogens with zero attached hydrogens (tertiary/aromatic N) is 4. The van der Waals surface area contributed by atoms with Crippen LogP contribution in [0.2, 0.25) is 0 Å². The minimum Gasteiger partial charge on any atom is -0.370 e. The summed E-state index contributed by atoms with van der Waals surface area (Å²) in [7, 11) is 1.91. The molecule has 1 N–H and O–H groups in total. The van der Waals surface area contributed by atoms with Gasteiger partial charge >= 0.3 is 0 Å². The number of amides is 1. The second-order valence-electron chi connectivity index (χ2n) is 6.62. The van der Waals surface area contributed by atoms with Gasteiger partial charge in [-0.1, -0.05) is 6.07 Å². The summed E-state index contributed by atoms with van der Waals surface area (Å²) in [6, 6.07) is 3.89. The second-order valence-corrected chi connectivity index (χ2v) is 6.62. The van der Waals surface area contributed by atoms with Gasteiger partial charge in [0.1, 0.15) is 6.10 Å². The third kappa shape index (κ3) is 5.57. The summed E-state index contributed by atoms with van der Waals surface area (Å²) in [4.78, 5) is 26.9. The largest absolute Gasteiger partial charge is 0.370 e. The molecule has 7 nitrogen and oxygen atoms in total. The summed E-state index contributed by atoms with van der Waals surface area (Å²) in [6.45, 7) is 2.20. The van der Waals surface area contributed by atoms with Crippen molar-refractivity contribution < 1.29 is 9.53 Å². The van der Waals surface area contributed by atoms with Gasteiger partial charge in [-0.15, -0.1) is 0 Å². The molecule has 1 amide bonds. The average Bonchev–Trinajstić information content (AvgIpc) is 2.68. The number of hydrogen-bond acceptors (Lipinski definition) is 6. The maximum atomic E-state index is 12.1. The van der Waals surface area contributed by atoms with Crippen LogP contribution in [0.4, 0.5) is 0 Å². The SMILES string of the molecule is CN(CC(=O)NCc1cnc([C@@H]2CCCCO2)nc1)Cc1cccnc1. The molecule has 3 heterocycles. The molecule has 1 atom stereocenters. The van der Waals surface area contributed by atoms with Gasteiger partial charge in [-0.25, -0.2) is 9.97 Å². The lowest BCUT2D eigenvalue weighted by molar-refractivity contribution is -0.122. The number of hydrogen-bond donors (Lipinski definition) is 1. The van der Waals surface area contributed by atoms with Gasteiger partial charge in [0.25, 0.3) is 0 Å². The lowest BCUT2D eigenvalue weighted by Crippen LogP contribution is -2.34. The number of aromatic nitrogens is 3. The highest BCUT2D eigenvalue weighted by Crippen LogP contribution is 2.24. The summed E-state index contributed by atoms with van der Waals surface area (Å²) < 4.78 is 5.69. The maximum Gasteiger partial charge on any atom is 0.234 e. The van der Waals surface area contributed by atoms with Crippen LogP contribution >= 0.6 is 0 Å². The number of pyridine rings is 1. The summed E-state index contributed by atoms with van der Waals surface area (Å²) in [5, 5.41) is 2.91. The van der Waals surface area contributed by atoms with Crippen molar-refractivity contribution in [3.05, 3.63) is 53.9 Å². The average molecular weight is 355 g/mol. The smallest absolute Gasteiger partial charge is 0.234 e. The van der Waals surface area contributed by atoms with Crippen molar-refractivity contribution in [1.29, 1.82) is 0 Å². The Kier molecular flexibility index (Phi) is 6.62. The molecule has 2 aromatic rings. The summed E-state index contributed by atoms with van der Waals surface area (Å²) in [6.07, 6.45) is 10.3. The number of ether oxygens (including phenoxy) is 1. The van der Waals surface area contributed by atoms with E-state index in [1.54, 1.807) is 18.6 Å². The van der Waals surface area contributed by atoms with Crippen molar-refractivity contribution in [2.24, 2.45) is 0 Å². The van der Waals surface area contributed by atoms with Gasteiger partial charge in [0, 0.05) is 50.0 Å². The molecule has 1 aliphatic rings. The first-order valence-electron chi connectivity index (χ1n) is 8.97. The van der Waals surface area contributed by atoms with E-state index in [-0.39, 0.29) is 12.0 Å². The van der Waals surface area contributed by atoms with E-state index in [0.29, 0.717) is 19.6 Å². The van der Waals surface area contributed by atoms with E-state index in [0.717, 1.165) is 42.8 Å². The first-order chi connectivity index (χ1) is 12.7. The first-order valence-corrected chi connectivity index (χ1v) is 8.97. The topological polar surface area (TPSA) is 80.2 Å². The molecule has 3 rings (SSSR count). The Morgan fingerprint density at radius 2 is 2.12 bits per heavy atom. The molecule has 1 saturated heterocycles. The molecule has 26 heavy (non-hydrogen) atoms. The Morgan fingerprint density at radius 1 is 1.27 bits per heavy atom. The zero-order valence-electron chi connectivity index (χ0n) is 15.1. The van der Waals surface area contributed by atoms with Crippen LogP contribution in [0.1, 0.15) is 42.3 Å². The minimum atomic E-state index is -0.0314. The molecule has 7 heteroatoms. The quantitative estimate of drug-likeness (QED) is 0.817. The van der Waals surface area contributed by atoms with Crippen LogP contribution in [0.25, 0.3) is 0 Å². The van der Waals surface area contributed by atoms with E-state index in [4.69, 9.17) is 4.74 Å².